The fourth-order valence-corrected chi connectivity index (χ4v) is 4.74. The number of ether oxygens (including phenoxy) is 2. The summed E-state index contributed by atoms with van der Waals surface area (Å²) in [6, 6.07) is 14.4. The molecular formula is C25H28FN3O3. The molecule has 32 heavy (non-hydrogen) atoms. The molecule has 0 saturated carbocycles. The first kappa shape index (κ1) is 21.1. The van der Waals surface area contributed by atoms with Crippen molar-refractivity contribution in [1.29, 1.82) is 0 Å². The van der Waals surface area contributed by atoms with Gasteiger partial charge in [-0.3, -0.25) is 4.79 Å². The molecule has 3 aromatic rings. The van der Waals surface area contributed by atoms with Gasteiger partial charge in [-0.15, -0.1) is 0 Å². The van der Waals surface area contributed by atoms with Gasteiger partial charge >= 0.3 is 0 Å². The number of H-pyrrole nitrogens is 1. The van der Waals surface area contributed by atoms with Crippen molar-refractivity contribution in [3.8, 4) is 0 Å². The van der Waals surface area contributed by atoms with E-state index in [1.807, 2.05) is 35.2 Å². The van der Waals surface area contributed by atoms with Gasteiger partial charge in [0.1, 0.15) is 17.2 Å². The van der Waals surface area contributed by atoms with Crippen LogP contribution in [0.15, 0.2) is 48.5 Å². The maximum absolute atomic E-state index is 13.2. The Morgan fingerprint density at radius 3 is 2.97 bits per heavy atom. The number of imidazole rings is 1. The second kappa shape index (κ2) is 9.00. The number of amides is 1. The number of aromatic nitrogens is 2. The molecule has 2 aromatic carbocycles. The van der Waals surface area contributed by atoms with Crippen molar-refractivity contribution in [2.24, 2.45) is 5.92 Å². The van der Waals surface area contributed by atoms with E-state index in [4.69, 9.17) is 9.47 Å². The van der Waals surface area contributed by atoms with Crippen molar-refractivity contribution in [3.63, 3.8) is 0 Å². The number of fused-ring (bicyclic) bond motifs is 1. The number of aryl methyl sites for hydroxylation is 1. The molecule has 1 aromatic heterocycles. The summed E-state index contributed by atoms with van der Waals surface area (Å²) in [6.45, 7) is 3.11. The molecule has 0 aliphatic carbocycles. The minimum atomic E-state index is -0.237. The molecule has 2 aliphatic rings. The van der Waals surface area contributed by atoms with E-state index in [2.05, 4.69) is 9.97 Å². The summed E-state index contributed by atoms with van der Waals surface area (Å²) in [5.74, 6) is 1.21. The molecule has 1 unspecified atom stereocenters. The first-order valence-electron chi connectivity index (χ1n) is 11.3. The fraction of sp³-hybridized carbons (Fsp3) is 0.440. The normalized spacial score (nSPS) is 19.5. The lowest BCUT2D eigenvalue weighted by molar-refractivity contribution is -0.157. The van der Waals surface area contributed by atoms with Crippen molar-refractivity contribution < 1.29 is 18.7 Å². The lowest BCUT2D eigenvalue weighted by atomic mass is 9.86. The predicted octanol–water partition coefficient (Wildman–Crippen LogP) is 3.86. The van der Waals surface area contributed by atoms with Gasteiger partial charge in [0, 0.05) is 19.4 Å². The summed E-state index contributed by atoms with van der Waals surface area (Å²) >= 11 is 0. The van der Waals surface area contributed by atoms with Gasteiger partial charge in [-0.05, 0) is 48.6 Å². The lowest BCUT2D eigenvalue weighted by Gasteiger charge is -2.47. The van der Waals surface area contributed by atoms with Crippen molar-refractivity contribution in [2.45, 2.75) is 37.9 Å². The smallest absolute Gasteiger partial charge is 0.223 e. The molecule has 1 spiro atoms. The number of halogens is 1. The molecule has 1 N–H and O–H groups in total. The van der Waals surface area contributed by atoms with E-state index in [-0.39, 0.29) is 17.3 Å². The molecule has 1 atom stereocenters. The first-order valence-corrected chi connectivity index (χ1v) is 11.3. The Hall–Kier alpha value is -2.77. The molecule has 2 aliphatic heterocycles. The Labute approximate surface area is 186 Å². The highest BCUT2D eigenvalue weighted by Gasteiger charge is 2.50. The minimum Gasteiger partial charge on any atom is -0.377 e. The number of nitrogens with one attached hydrogen (secondary N) is 1. The molecular weight excluding hydrogens is 409 g/mol. The monoisotopic (exact) mass is 437 g/mol. The van der Waals surface area contributed by atoms with Gasteiger partial charge in [-0.25, -0.2) is 9.37 Å². The first-order chi connectivity index (χ1) is 15.6. The van der Waals surface area contributed by atoms with Gasteiger partial charge in [-0.2, -0.15) is 0 Å². The number of carbonyl (C=O) groups excluding carboxylic acids is 1. The third-order valence-corrected chi connectivity index (χ3v) is 6.44. The van der Waals surface area contributed by atoms with Crippen LogP contribution in [0.3, 0.4) is 0 Å². The molecule has 2 fully saturated rings. The Kier molecular flexibility index (Phi) is 5.93. The molecule has 7 heteroatoms. The fourth-order valence-electron chi connectivity index (χ4n) is 4.74. The van der Waals surface area contributed by atoms with Crippen LogP contribution in [-0.4, -0.2) is 52.7 Å². The maximum atomic E-state index is 13.2. The van der Waals surface area contributed by atoms with Gasteiger partial charge in [0.15, 0.2) is 0 Å². The average Bonchev–Trinajstić information content (AvgIpc) is 3.38. The zero-order chi connectivity index (χ0) is 22.0. The highest BCUT2D eigenvalue weighted by atomic mass is 19.1. The van der Waals surface area contributed by atoms with Crippen molar-refractivity contribution in [1.82, 2.24) is 14.9 Å². The molecule has 6 nitrogen and oxygen atoms in total. The molecule has 168 valence electrons. The quantitative estimate of drug-likeness (QED) is 0.544. The summed E-state index contributed by atoms with van der Waals surface area (Å²) in [5, 5.41) is 0. The van der Waals surface area contributed by atoms with Gasteiger partial charge in [0.25, 0.3) is 0 Å². The SMILES string of the molecule is O=C(CCc1nc2ccccc2[nH]1)N1CC2(CC(CCOCc3cccc(F)c3)CO2)C1. The molecule has 0 radical (unpaired) electrons. The van der Waals surface area contributed by atoms with Crippen LogP contribution in [0.25, 0.3) is 11.0 Å². The van der Waals surface area contributed by atoms with Crippen molar-refractivity contribution in [2.75, 3.05) is 26.3 Å². The van der Waals surface area contributed by atoms with Gasteiger partial charge in [0.05, 0.1) is 37.3 Å². The molecule has 5 rings (SSSR count). The van der Waals surface area contributed by atoms with Crippen LogP contribution in [0.5, 0.6) is 0 Å². The summed E-state index contributed by atoms with van der Waals surface area (Å²) in [4.78, 5) is 22.3. The van der Waals surface area contributed by atoms with Crippen LogP contribution in [0.4, 0.5) is 4.39 Å². The number of benzene rings is 2. The second-order valence-corrected chi connectivity index (χ2v) is 8.99. The van der Waals surface area contributed by atoms with Gasteiger partial charge in [0.2, 0.25) is 5.91 Å². The van der Waals surface area contributed by atoms with Crippen molar-refractivity contribution >= 4 is 16.9 Å². The second-order valence-electron chi connectivity index (χ2n) is 8.99. The Morgan fingerprint density at radius 2 is 2.12 bits per heavy atom. The Balaban J connectivity index is 1.01. The summed E-state index contributed by atoms with van der Waals surface area (Å²) in [5.41, 5.74) is 2.61. The van der Waals surface area contributed by atoms with Gasteiger partial charge in [-0.1, -0.05) is 24.3 Å². The Morgan fingerprint density at radius 1 is 1.25 bits per heavy atom. The van der Waals surface area contributed by atoms with E-state index in [9.17, 15) is 9.18 Å². The average molecular weight is 438 g/mol. The number of nitrogens with zero attached hydrogens (tertiary/aromatic N) is 2. The summed E-state index contributed by atoms with van der Waals surface area (Å²) in [6.07, 6.45) is 2.94. The predicted molar refractivity (Wildman–Crippen MR) is 118 cm³/mol. The van der Waals surface area contributed by atoms with E-state index in [1.54, 1.807) is 6.07 Å². The van der Waals surface area contributed by atoms with Crippen LogP contribution in [-0.2, 0) is 27.3 Å². The third-order valence-electron chi connectivity index (χ3n) is 6.44. The number of rotatable bonds is 8. The molecule has 3 heterocycles. The standard InChI is InChI=1S/C25H28FN3O3/c26-20-5-3-4-18(12-20)14-31-11-10-19-13-25(32-15-19)16-29(17-25)24(30)9-8-23-27-21-6-1-2-7-22(21)28-23/h1-7,12,19H,8-11,13-17H2,(H,27,28). The van der Waals surface area contributed by atoms with E-state index >= 15 is 0 Å². The van der Waals surface area contributed by atoms with Crippen LogP contribution in [0.2, 0.25) is 0 Å². The summed E-state index contributed by atoms with van der Waals surface area (Å²) < 4.78 is 25.0. The van der Waals surface area contributed by atoms with Crippen molar-refractivity contribution in [3.05, 3.63) is 65.7 Å². The lowest BCUT2D eigenvalue weighted by Crippen LogP contribution is -2.63. The number of hydrogen-bond acceptors (Lipinski definition) is 4. The van der Waals surface area contributed by atoms with E-state index in [1.165, 1.54) is 12.1 Å². The number of carbonyl (C=O) groups is 1. The highest BCUT2D eigenvalue weighted by molar-refractivity contribution is 5.78. The Bertz CT molecular complexity index is 1060. The maximum Gasteiger partial charge on any atom is 0.223 e. The third kappa shape index (κ3) is 4.69. The molecule has 0 bridgehead atoms. The van der Waals surface area contributed by atoms with E-state index < -0.39 is 0 Å². The van der Waals surface area contributed by atoms with Crippen LogP contribution < -0.4 is 0 Å². The van der Waals surface area contributed by atoms with E-state index in [0.29, 0.717) is 51.7 Å². The number of hydrogen-bond donors (Lipinski definition) is 1. The van der Waals surface area contributed by atoms with Gasteiger partial charge < -0.3 is 19.4 Å². The zero-order valence-electron chi connectivity index (χ0n) is 18.1. The van der Waals surface area contributed by atoms with E-state index in [0.717, 1.165) is 35.3 Å². The topological polar surface area (TPSA) is 67.5 Å². The molecule has 1 amide bonds. The van der Waals surface area contributed by atoms with Crippen LogP contribution in [0.1, 0.15) is 30.7 Å². The van der Waals surface area contributed by atoms with Crippen LogP contribution >= 0.6 is 0 Å². The highest BCUT2D eigenvalue weighted by Crippen LogP contribution is 2.39. The number of aromatic amines is 1. The van der Waals surface area contributed by atoms with Crippen LogP contribution in [0, 0.1) is 11.7 Å². The molecule has 2 saturated heterocycles. The number of para-hydroxylation sites is 2. The summed E-state index contributed by atoms with van der Waals surface area (Å²) in [7, 11) is 0. The largest absolute Gasteiger partial charge is 0.377 e. The number of likely N-dealkylation sites (tertiary alicyclic amines) is 1. The zero-order valence-corrected chi connectivity index (χ0v) is 18.1. The minimum absolute atomic E-state index is 0.154.